The Labute approximate surface area is 211 Å². The van der Waals surface area contributed by atoms with Crippen LogP contribution in [0.2, 0.25) is 0 Å². The number of carbonyl (C=O) groups excluding carboxylic acids is 1. The van der Waals surface area contributed by atoms with E-state index in [1.165, 1.54) is 6.42 Å². The molecule has 1 aliphatic carbocycles. The van der Waals surface area contributed by atoms with Crippen LogP contribution < -0.4 is 0 Å². The molecule has 8 heteroatoms. The van der Waals surface area contributed by atoms with Gasteiger partial charge in [0.15, 0.2) is 5.82 Å². The summed E-state index contributed by atoms with van der Waals surface area (Å²) < 4.78 is 1.93. The third kappa shape index (κ3) is 5.42. The van der Waals surface area contributed by atoms with Crippen molar-refractivity contribution in [2.75, 3.05) is 0 Å². The Morgan fingerprint density at radius 1 is 1.03 bits per heavy atom. The third-order valence-electron chi connectivity index (χ3n) is 7.01. The van der Waals surface area contributed by atoms with Gasteiger partial charge in [-0.1, -0.05) is 81.6 Å². The zero-order valence-electron chi connectivity index (χ0n) is 21.0. The fourth-order valence-corrected chi connectivity index (χ4v) is 4.93. The molecule has 2 aromatic heterocycles. The quantitative estimate of drug-likeness (QED) is 0.314. The normalized spacial score (nSPS) is 14.4. The maximum Gasteiger partial charge on any atom is 0.217 e. The fourth-order valence-electron chi connectivity index (χ4n) is 4.93. The number of nitrogens with zero attached hydrogens (tertiary/aromatic N) is 6. The highest BCUT2D eigenvalue weighted by Gasteiger charge is 2.26. The van der Waals surface area contributed by atoms with Gasteiger partial charge in [0.2, 0.25) is 11.6 Å². The zero-order valence-corrected chi connectivity index (χ0v) is 21.0. The number of Topliss-reactive ketones (excluding diaryl/α,β-unsaturated/α-hetero) is 1. The zero-order chi connectivity index (χ0) is 24.9. The molecule has 8 nitrogen and oxygen atoms in total. The predicted octanol–water partition coefficient (Wildman–Crippen LogP) is 5.53. The third-order valence-corrected chi connectivity index (χ3v) is 7.01. The van der Waals surface area contributed by atoms with E-state index in [4.69, 9.17) is 10.1 Å². The van der Waals surface area contributed by atoms with Crippen LogP contribution in [-0.2, 0) is 13.0 Å². The number of hydrogen-bond donors (Lipinski definition) is 1. The fraction of sp³-hybridized carbons (Fsp3) is 0.429. The van der Waals surface area contributed by atoms with Gasteiger partial charge in [-0.25, -0.2) is 14.8 Å². The topological polar surface area (TPSA) is 102 Å². The van der Waals surface area contributed by atoms with E-state index in [-0.39, 0.29) is 11.7 Å². The number of aryl methyl sites for hydroxylation is 1. The second-order valence-corrected chi connectivity index (χ2v) is 10.1. The molecule has 0 radical (unpaired) electrons. The molecule has 0 spiro atoms. The summed E-state index contributed by atoms with van der Waals surface area (Å²) in [7, 11) is 0. The first-order valence-electron chi connectivity index (χ1n) is 13.0. The molecule has 1 saturated carbocycles. The molecule has 0 bridgehead atoms. The summed E-state index contributed by atoms with van der Waals surface area (Å²) in [5.74, 6) is 2.69. The van der Waals surface area contributed by atoms with E-state index in [0.717, 1.165) is 66.6 Å². The molecule has 0 saturated heterocycles. The first-order valence-corrected chi connectivity index (χ1v) is 13.0. The lowest BCUT2D eigenvalue weighted by molar-refractivity contribution is 0.0878. The summed E-state index contributed by atoms with van der Waals surface area (Å²) >= 11 is 0. The van der Waals surface area contributed by atoms with Gasteiger partial charge in [-0.05, 0) is 52.3 Å². The van der Waals surface area contributed by atoms with Crippen molar-refractivity contribution in [1.29, 1.82) is 0 Å². The first kappa shape index (κ1) is 24.0. The van der Waals surface area contributed by atoms with Crippen LogP contribution in [0.3, 0.4) is 0 Å². The van der Waals surface area contributed by atoms with Crippen molar-refractivity contribution in [1.82, 2.24) is 35.4 Å². The lowest BCUT2D eigenvalue weighted by Gasteiger charge is -2.18. The molecule has 2 heterocycles. The van der Waals surface area contributed by atoms with Crippen molar-refractivity contribution < 1.29 is 4.79 Å². The number of hydrogen-bond acceptors (Lipinski definition) is 6. The Hall–Kier alpha value is -3.68. The average Bonchev–Trinajstić information content (AvgIpc) is 3.59. The van der Waals surface area contributed by atoms with Crippen LogP contribution in [0.15, 0.2) is 48.5 Å². The lowest BCUT2D eigenvalue weighted by atomic mass is 9.86. The van der Waals surface area contributed by atoms with Gasteiger partial charge in [-0.15, -0.1) is 10.2 Å². The summed E-state index contributed by atoms with van der Waals surface area (Å²) in [6.07, 6.45) is 7.23. The van der Waals surface area contributed by atoms with Gasteiger partial charge in [-0.2, -0.15) is 0 Å². The summed E-state index contributed by atoms with van der Waals surface area (Å²) in [6.45, 7) is 5.01. The highest BCUT2D eigenvalue weighted by molar-refractivity contribution is 5.94. The highest BCUT2D eigenvalue weighted by Crippen LogP contribution is 2.30. The van der Waals surface area contributed by atoms with E-state index in [1.807, 2.05) is 22.9 Å². The molecule has 36 heavy (non-hydrogen) atoms. The van der Waals surface area contributed by atoms with Crippen molar-refractivity contribution >= 4 is 5.78 Å². The van der Waals surface area contributed by atoms with Gasteiger partial charge in [0, 0.05) is 17.9 Å². The number of carbonyl (C=O) groups is 1. The molecule has 186 valence electrons. The van der Waals surface area contributed by atoms with Crippen LogP contribution in [-0.4, -0.2) is 41.2 Å². The molecule has 0 unspecified atom stereocenters. The largest absolute Gasteiger partial charge is 0.290 e. The number of aromatic nitrogens is 7. The standard InChI is InChI=1S/C28H33N7O/c1-19(2)12-17-25-29-28(26(36)22-8-4-3-5-9-22)32-35(25)18-20-13-15-21(16-14-20)23-10-6-7-11-24(23)27-30-33-34-31-27/h6-7,10-11,13-16,19,22H,3-5,8-9,12,17-18H2,1-2H3,(H,30,31,33,34). The number of rotatable bonds is 9. The molecule has 1 N–H and O–H groups in total. The van der Waals surface area contributed by atoms with Crippen molar-refractivity contribution in [3.05, 3.63) is 65.7 Å². The Kier molecular flexibility index (Phi) is 7.30. The summed E-state index contributed by atoms with van der Waals surface area (Å²) in [6, 6.07) is 16.5. The Morgan fingerprint density at radius 3 is 2.47 bits per heavy atom. The van der Waals surface area contributed by atoms with E-state index in [0.29, 0.717) is 24.1 Å². The van der Waals surface area contributed by atoms with E-state index in [2.05, 4.69) is 64.8 Å². The number of tetrazole rings is 1. The van der Waals surface area contributed by atoms with Crippen molar-refractivity contribution in [2.24, 2.45) is 11.8 Å². The summed E-state index contributed by atoms with van der Waals surface area (Å²) in [4.78, 5) is 17.9. The van der Waals surface area contributed by atoms with Gasteiger partial charge in [0.1, 0.15) is 5.82 Å². The number of nitrogens with one attached hydrogen (secondary N) is 1. The second-order valence-electron chi connectivity index (χ2n) is 10.1. The first-order chi connectivity index (χ1) is 17.6. The van der Waals surface area contributed by atoms with Gasteiger partial charge in [0.05, 0.1) is 6.54 Å². The highest BCUT2D eigenvalue weighted by atomic mass is 16.1. The van der Waals surface area contributed by atoms with Crippen LogP contribution in [0.5, 0.6) is 0 Å². The molecule has 0 aliphatic heterocycles. The molecule has 0 atom stereocenters. The van der Waals surface area contributed by atoms with Crippen LogP contribution in [0.25, 0.3) is 22.5 Å². The van der Waals surface area contributed by atoms with Crippen molar-refractivity contribution in [3.63, 3.8) is 0 Å². The molecule has 1 aliphatic rings. The van der Waals surface area contributed by atoms with Gasteiger partial charge in [0.25, 0.3) is 0 Å². The van der Waals surface area contributed by atoms with Crippen molar-refractivity contribution in [2.45, 2.75) is 65.3 Å². The predicted molar refractivity (Wildman–Crippen MR) is 138 cm³/mol. The van der Waals surface area contributed by atoms with E-state index >= 15 is 0 Å². The molecule has 5 rings (SSSR count). The number of benzene rings is 2. The second kappa shape index (κ2) is 10.9. The number of ketones is 1. The molecular weight excluding hydrogens is 450 g/mol. The smallest absolute Gasteiger partial charge is 0.217 e. The maximum absolute atomic E-state index is 13.1. The summed E-state index contributed by atoms with van der Waals surface area (Å²) in [5.41, 5.74) is 4.21. The maximum atomic E-state index is 13.1. The van der Waals surface area contributed by atoms with Crippen LogP contribution in [0.4, 0.5) is 0 Å². The lowest BCUT2D eigenvalue weighted by Crippen LogP contribution is -2.19. The molecule has 4 aromatic rings. The van der Waals surface area contributed by atoms with Crippen LogP contribution in [0.1, 0.15) is 74.4 Å². The number of aromatic amines is 1. The van der Waals surface area contributed by atoms with E-state index in [9.17, 15) is 4.79 Å². The average molecular weight is 484 g/mol. The SMILES string of the molecule is CC(C)CCc1nc(C(=O)C2CCCCC2)nn1Cc1ccc(-c2ccccc2-c2nnn[nH]2)cc1. The minimum Gasteiger partial charge on any atom is -0.290 e. The monoisotopic (exact) mass is 483 g/mol. The summed E-state index contributed by atoms with van der Waals surface area (Å²) in [5, 5.41) is 19.1. The van der Waals surface area contributed by atoms with E-state index in [1.54, 1.807) is 0 Å². The molecule has 0 amide bonds. The molecule has 1 fully saturated rings. The minimum absolute atomic E-state index is 0.0754. The Morgan fingerprint density at radius 2 is 1.78 bits per heavy atom. The Bertz CT molecular complexity index is 1290. The van der Waals surface area contributed by atoms with Gasteiger partial charge < -0.3 is 0 Å². The molecule has 2 aromatic carbocycles. The Balaban J connectivity index is 1.38. The van der Waals surface area contributed by atoms with Crippen LogP contribution >= 0.6 is 0 Å². The van der Waals surface area contributed by atoms with E-state index < -0.39 is 0 Å². The number of H-pyrrole nitrogens is 1. The van der Waals surface area contributed by atoms with Crippen molar-refractivity contribution in [3.8, 4) is 22.5 Å². The molecular formula is C28H33N7O. The minimum atomic E-state index is 0.0754. The van der Waals surface area contributed by atoms with Gasteiger partial charge >= 0.3 is 0 Å². The van der Waals surface area contributed by atoms with Crippen LogP contribution in [0, 0.1) is 11.8 Å². The van der Waals surface area contributed by atoms with Gasteiger partial charge in [-0.3, -0.25) is 4.79 Å².